The van der Waals surface area contributed by atoms with Crippen LogP contribution in [0.2, 0.25) is 0 Å². The summed E-state index contributed by atoms with van der Waals surface area (Å²) in [4.78, 5) is 10.8. The number of hydrogen-bond donors (Lipinski definition) is 4. The van der Waals surface area contributed by atoms with Gasteiger partial charge in [-0.3, -0.25) is 4.79 Å². The first kappa shape index (κ1) is 43.8. The molecule has 14 atom stereocenters. The maximum absolute atomic E-state index is 11.5. The Morgan fingerprint density at radius 1 is 0.860 bits per heavy atom. The van der Waals surface area contributed by atoms with Crippen molar-refractivity contribution in [2.45, 2.75) is 130 Å². The van der Waals surface area contributed by atoms with Gasteiger partial charge in [0.15, 0.2) is 5.79 Å². The number of rotatable bonds is 18. The summed E-state index contributed by atoms with van der Waals surface area (Å²) in [5.41, 5.74) is 1.23. The van der Waals surface area contributed by atoms with Crippen molar-refractivity contribution < 1.29 is 44.2 Å². The molecule has 2 aliphatic rings. The number of carboxylic acid groups (broad SMARTS) is 1. The maximum Gasteiger partial charge on any atom is 0.306 e. The summed E-state index contributed by atoms with van der Waals surface area (Å²) in [6.45, 7) is 16.2. The van der Waals surface area contributed by atoms with Crippen LogP contribution in [0.25, 0.3) is 0 Å². The largest absolute Gasteiger partial charge is 0.481 e. The van der Waals surface area contributed by atoms with Gasteiger partial charge in [-0.2, -0.15) is 0 Å². The minimum atomic E-state index is -1.30. The molecule has 14 unspecified atom stereocenters. The van der Waals surface area contributed by atoms with Crippen molar-refractivity contribution in [3.63, 3.8) is 0 Å². The van der Waals surface area contributed by atoms with Gasteiger partial charge in [0.1, 0.15) is 6.10 Å². The van der Waals surface area contributed by atoms with Crippen LogP contribution in [-0.4, -0.2) is 89.1 Å². The van der Waals surface area contributed by atoms with E-state index in [-0.39, 0.29) is 54.1 Å². The topological polar surface area (TPSA) is 135 Å². The van der Waals surface area contributed by atoms with Crippen molar-refractivity contribution in [1.82, 2.24) is 0 Å². The average Bonchev–Trinajstić information content (AvgIpc) is 3.09. The van der Waals surface area contributed by atoms with Crippen LogP contribution < -0.4 is 0 Å². The van der Waals surface area contributed by atoms with Crippen LogP contribution in [-0.2, 0) is 23.7 Å². The molecule has 2 rings (SSSR count). The third kappa shape index (κ3) is 12.4. The number of ether oxygens (including phenoxy) is 4. The van der Waals surface area contributed by atoms with E-state index in [4.69, 9.17) is 24.1 Å². The van der Waals surface area contributed by atoms with E-state index < -0.39 is 42.3 Å². The van der Waals surface area contributed by atoms with Crippen LogP contribution in [0.15, 0.2) is 72.4 Å². The zero-order valence-corrected chi connectivity index (χ0v) is 32.0. The number of hydrogen-bond acceptors (Lipinski definition) is 8. The predicted molar refractivity (Wildman–Crippen MR) is 198 cm³/mol. The lowest BCUT2D eigenvalue weighted by Crippen LogP contribution is -2.65. The lowest BCUT2D eigenvalue weighted by atomic mass is 9.74. The van der Waals surface area contributed by atoms with Gasteiger partial charge in [-0.05, 0) is 38.5 Å². The fourth-order valence-corrected chi connectivity index (χ4v) is 7.42. The molecule has 284 valence electrons. The van der Waals surface area contributed by atoms with E-state index in [1.807, 2.05) is 77.2 Å². The van der Waals surface area contributed by atoms with Gasteiger partial charge in [-0.15, -0.1) is 0 Å². The van der Waals surface area contributed by atoms with E-state index in [0.717, 1.165) is 6.42 Å². The number of allylic oxidation sites excluding steroid dienone is 10. The smallest absolute Gasteiger partial charge is 0.306 e. The summed E-state index contributed by atoms with van der Waals surface area (Å²) in [6, 6.07) is 0. The molecule has 2 fully saturated rings. The summed E-state index contributed by atoms with van der Waals surface area (Å²) >= 11 is 0. The average molecular weight is 703 g/mol. The number of aliphatic hydroxyl groups is 3. The van der Waals surface area contributed by atoms with E-state index in [1.54, 1.807) is 25.3 Å². The summed E-state index contributed by atoms with van der Waals surface area (Å²) in [7, 11) is 3.16. The zero-order valence-electron chi connectivity index (χ0n) is 32.0. The van der Waals surface area contributed by atoms with Gasteiger partial charge in [-0.25, -0.2) is 0 Å². The maximum atomic E-state index is 11.5. The van der Waals surface area contributed by atoms with Gasteiger partial charge in [0, 0.05) is 44.3 Å². The van der Waals surface area contributed by atoms with Gasteiger partial charge >= 0.3 is 5.97 Å². The third-order valence-electron chi connectivity index (χ3n) is 10.8. The van der Waals surface area contributed by atoms with Crippen LogP contribution in [0, 0.1) is 35.5 Å². The monoisotopic (exact) mass is 702 g/mol. The first-order valence-corrected chi connectivity index (χ1v) is 18.3. The molecule has 2 heterocycles. The van der Waals surface area contributed by atoms with Crippen molar-refractivity contribution in [2.75, 3.05) is 14.2 Å². The molecule has 0 bridgehead atoms. The van der Waals surface area contributed by atoms with E-state index in [0.29, 0.717) is 12.8 Å². The normalized spacial score (nSPS) is 32.7. The van der Waals surface area contributed by atoms with Crippen LogP contribution in [0.5, 0.6) is 0 Å². The van der Waals surface area contributed by atoms with Crippen molar-refractivity contribution in [3.05, 3.63) is 72.4 Å². The van der Waals surface area contributed by atoms with Gasteiger partial charge in [0.05, 0.1) is 43.0 Å². The molecule has 9 heteroatoms. The molecule has 0 aliphatic carbocycles. The number of carboxylic acids is 1. The van der Waals surface area contributed by atoms with Gasteiger partial charge in [-0.1, -0.05) is 114 Å². The summed E-state index contributed by atoms with van der Waals surface area (Å²) in [5.74, 6) is -2.87. The molecule has 0 aromatic heterocycles. The second kappa shape index (κ2) is 21.2. The van der Waals surface area contributed by atoms with Crippen molar-refractivity contribution in [1.29, 1.82) is 0 Å². The van der Waals surface area contributed by atoms with Crippen molar-refractivity contribution in [2.24, 2.45) is 35.5 Å². The molecule has 0 aromatic rings. The fourth-order valence-electron chi connectivity index (χ4n) is 7.42. The minimum Gasteiger partial charge on any atom is -0.481 e. The molecule has 0 saturated carbocycles. The molecule has 0 aromatic carbocycles. The highest BCUT2D eigenvalue weighted by molar-refractivity contribution is 5.67. The second-order valence-electron chi connectivity index (χ2n) is 14.7. The fraction of sp³-hybridized carbons (Fsp3) is 0.683. The molecular formula is C41H66O9. The third-order valence-corrected chi connectivity index (χ3v) is 10.8. The van der Waals surface area contributed by atoms with Gasteiger partial charge in [0.2, 0.25) is 0 Å². The standard InChI is InChI=1S/C41H66O9/c1-11-26(2)22-28(4)38(46)32(8)40-30(6)34(48-10)25-41(50-40)35(42)23-29(5)39(49-41)31(7)37(45)27(3)20-18-16-14-12-13-15-17-19-21-33(47-9)24-36(43)44/h11-21,27-35,37-40,42,45-46H,22-25H2,1-10H3,(H,43,44)/b13-12+,16-14+,17-15+,20-18+,21-19+,26-11+. The van der Waals surface area contributed by atoms with E-state index in [9.17, 15) is 20.1 Å². The Morgan fingerprint density at radius 2 is 1.40 bits per heavy atom. The SMILES string of the molecule is C/C=C(\C)CC(C)C(O)C(C)C1OC2(CC(OC)C1C)OC(C(C)C(O)C(C)/C=C/C=C/C=C/C=C/C=C/C(CC(=O)O)OC)C(C)CC2O. The summed E-state index contributed by atoms with van der Waals surface area (Å²) in [5, 5.41) is 43.3. The van der Waals surface area contributed by atoms with Gasteiger partial charge < -0.3 is 39.4 Å². The van der Waals surface area contributed by atoms with E-state index in [2.05, 4.69) is 26.8 Å². The van der Waals surface area contributed by atoms with Crippen LogP contribution in [0.1, 0.15) is 81.1 Å². The Balaban J connectivity index is 2.10. The molecule has 1 spiro atoms. The predicted octanol–water partition coefficient (Wildman–Crippen LogP) is 6.80. The first-order chi connectivity index (χ1) is 23.6. The van der Waals surface area contributed by atoms with E-state index in [1.165, 1.54) is 12.7 Å². The van der Waals surface area contributed by atoms with E-state index >= 15 is 0 Å². The number of aliphatic hydroxyl groups excluding tert-OH is 3. The highest BCUT2D eigenvalue weighted by atomic mass is 16.7. The molecule has 9 nitrogen and oxygen atoms in total. The molecule has 4 N–H and O–H groups in total. The molecule has 2 aliphatic heterocycles. The van der Waals surface area contributed by atoms with Crippen LogP contribution in [0.4, 0.5) is 0 Å². The molecule has 0 radical (unpaired) electrons. The highest BCUT2D eigenvalue weighted by Crippen LogP contribution is 2.47. The molecular weight excluding hydrogens is 636 g/mol. The number of methoxy groups -OCH3 is 2. The van der Waals surface area contributed by atoms with Crippen LogP contribution in [0.3, 0.4) is 0 Å². The first-order valence-electron chi connectivity index (χ1n) is 18.3. The Labute approximate surface area is 301 Å². The molecule has 50 heavy (non-hydrogen) atoms. The molecule has 2 saturated heterocycles. The lowest BCUT2D eigenvalue weighted by Gasteiger charge is -2.56. The Hall–Kier alpha value is -2.37. The summed E-state index contributed by atoms with van der Waals surface area (Å²) < 4.78 is 24.6. The van der Waals surface area contributed by atoms with Crippen molar-refractivity contribution in [3.8, 4) is 0 Å². The number of carbonyl (C=O) groups is 1. The Kier molecular flexibility index (Phi) is 18.6. The quantitative estimate of drug-likeness (QED) is 0.0899. The lowest BCUT2D eigenvalue weighted by molar-refractivity contribution is -0.391. The highest BCUT2D eigenvalue weighted by Gasteiger charge is 2.57. The number of aliphatic carboxylic acids is 1. The Bertz CT molecular complexity index is 1200. The summed E-state index contributed by atoms with van der Waals surface area (Å²) in [6.07, 6.45) is 18.4. The van der Waals surface area contributed by atoms with Crippen LogP contribution >= 0.6 is 0 Å². The molecule has 0 amide bonds. The van der Waals surface area contributed by atoms with Gasteiger partial charge in [0.25, 0.3) is 0 Å². The zero-order chi connectivity index (χ0) is 37.6. The minimum absolute atomic E-state index is 0.0174. The van der Waals surface area contributed by atoms with Crippen molar-refractivity contribution >= 4 is 5.97 Å². The second-order valence-corrected chi connectivity index (χ2v) is 14.7. The Morgan fingerprint density at radius 3 is 1.94 bits per heavy atom.